The first-order chi connectivity index (χ1) is 16.0. The monoisotopic (exact) mass is 500 g/mol. The number of carbonyl (C=O) groups is 1. The molecule has 0 atom stereocenters. The van der Waals surface area contributed by atoms with Gasteiger partial charge < -0.3 is 14.5 Å². The van der Waals surface area contributed by atoms with E-state index in [0.717, 1.165) is 0 Å². The van der Waals surface area contributed by atoms with Crippen LogP contribution >= 0.6 is 11.6 Å². The van der Waals surface area contributed by atoms with Crippen molar-refractivity contribution in [2.75, 3.05) is 31.1 Å². The molecule has 3 aromatic rings. The molecule has 1 saturated heterocycles. The zero-order valence-corrected chi connectivity index (χ0v) is 20.7. The highest BCUT2D eigenvalue weighted by atomic mass is 35.5. The Morgan fingerprint density at radius 1 is 1.06 bits per heavy atom. The number of halogens is 1. The van der Waals surface area contributed by atoms with Crippen molar-refractivity contribution in [3.63, 3.8) is 0 Å². The third-order valence-electron chi connectivity index (χ3n) is 5.47. The molecule has 0 spiro atoms. The summed E-state index contributed by atoms with van der Waals surface area (Å²) in [5, 5.41) is 10.6. The van der Waals surface area contributed by atoms with Gasteiger partial charge in [0.15, 0.2) is 0 Å². The number of fused-ring (bicyclic) bond motifs is 1. The molecule has 0 bridgehead atoms. The predicted molar refractivity (Wildman–Crippen MR) is 131 cm³/mol. The van der Waals surface area contributed by atoms with E-state index in [1.54, 1.807) is 41.3 Å². The Labute approximate surface area is 203 Å². The van der Waals surface area contributed by atoms with Crippen LogP contribution in [0.2, 0.25) is 5.02 Å². The third-order valence-corrected chi connectivity index (χ3v) is 7.41. The largest absolute Gasteiger partial charge is 0.444 e. The number of ether oxygens (including phenoxy) is 1. The average molecular weight is 501 g/mol. The van der Waals surface area contributed by atoms with Gasteiger partial charge in [0.05, 0.1) is 16.0 Å². The Balaban J connectivity index is 1.77. The summed E-state index contributed by atoms with van der Waals surface area (Å²) in [5.74, 6) is 0.432. The summed E-state index contributed by atoms with van der Waals surface area (Å²) in [4.78, 5) is 16.0. The number of carbonyl (C=O) groups excluding carboxylic acids is 1. The number of hydrogen-bond acceptors (Lipinski definition) is 6. The molecule has 1 amide bonds. The van der Waals surface area contributed by atoms with Crippen LogP contribution in [0.15, 0.2) is 53.4 Å². The second kappa shape index (κ2) is 8.85. The number of para-hydroxylation sites is 1. The van der Waals surface area contributed by atoms with E-state index in [-0.39, 0.29) is 10.5 Å². The molecule has 1 fully saturated rings. The normalized spacial score (nSPS) is 14.8. The standard InChI is InChI=1S/C24H25ClN4O4S/c1-24(2,3)33-23(30)28-12-10-27(11-13-28)21-14-17-6-4-7-18(16-26)22(17)29(21)34(31,32)20-9-5-8-19(25)15-20/h4-9,14-15H,10-13H2,1-3H3. The van der Waals surface area contributed by atoms with Gasteiger partial charge >= 0.3 is 6.09 Å². The topological polar surface area (TPSA) is 95.6 Å². The smallest absolute Gasteiger partial charge is 0.410 e. The first-order valence-electron chi connectivity index (χ1n) is 10.8. The van der Waals surface area contributed by atoms with Crippen LogP contribution in [0, 0.1) is 11.3 Å². The highest BCUT2D eigenvalue weighted by Crippen LogP contribution is 2.34. The Morgan fingerprint density at radius 2 is 1.74 bits per heavy atom. The second-order valence-electron chi connectivity index (χ2n) is 9.04. The Kier molecular flexibility index (Phi) is 6.23. The summed E-state index contributed by atoms with van der Waals surface area (Å²) in [5.41, 5.74) is -0.0318. The number of nitrogens with zero attached hydrogens (tertiary/aromatic N) is 4. The van der Waals surface area contributed by atoms with Crippen molar-refractivity contribution in [3.8, 4) is 6.07 Å². The van der Waals surface area contributed by atoms with Gasteiger partial charge in [-0.3, -0.25) is 0 Å². The van der Waals surface area contributed by atoms with Crippen molar-refractivity contribution in [2.24, 2.45) is 0 Å². The number of aromatic nitrogens is 1. The molecule has 10 heteroatoms. The van der Waals surface area contributed by atoms with Gasteiger partial charge in [0.1, 0.15) is 17.5 Å². The number of hydrogen-bond donors (Lipinski definition) is 0. The highest BCUT2D eigenvalue weighted by molar-refractivity contribution is 7.90. The summed E-state index contributed by atoms with van der Waals surface area (Å²) < 4.78 is 34.3. The summed E-state index contributed by atoms with van der Waals surface area (Å²) >= 11 is 6.08. The minimum atomic E-state index is -4.08. The summed E-state index contributed by atoms with van der Waals surface area (Å²) in [6, 6.07) is 15.0. The van der Waals surface area contributed by atoms with Crippen molar-refractivity contribution < 1.29 is 17.9 Å². The van der Waals surface area contributed by atoms with E-state index in [1.165, 1.54) is 16.1 Å². The molecule has 8 nitrogen and oxygen atoms in total. The van der Waals surface area contributed by atoms with E-state index in [9.17, 15) is 18.5 Å². The number of nitriles is 1. The van der Waals surface area contributed by atoms with Crippen molar-refractivity contribution in [2.45, 2.75) is 31.3 Å². The predicted octanol–water partition coefficient (Wildman–Crippen LogP) is 4.46. The molecule has 1 aliphatic rings. The summed E-state index contributed by atoms with van der Waals surface area (Å²) in [7, 11) is -4.08. The zero-order valence-electron chi connectivity index (χ0n) is 19.2. The quantitative estimate of drug-likeness (QED) is 0.526. The molecule has 2 aromatic carbocycles. The molecule has 0 radical (unpaired) electrons. The minimum absolute atomic E-state index is 0.0267. The van der Waals surface area contributed by atoms with Crippen molar-refractivity contribution in [1.29, 1.82) is 5.26 Å². The molecular weight excluding hydrogens is 476 g/mol. The average Bonchev–Trinajstić information content (AvgIpc) is 3.18. The van der Waals surface area contributed by atoms with Crippen molar-refractivity contribution in [3.05, 3.63) is 59.1 Å². The van der Waals surface area contributed by atoms with Crippen LogP contribution in [-0.2, 0) is 14.8 Å². The minimum Gasteiger partial charge on any atom is -0.444 e. The molecule has 2 heterocycles. The van der Waals surface area contributed by atoms with E-state index < -0.39 is 21.7 Å². The Hall–Kier alpha value is -3.22. The van der Waals surface area contributed by atoms with Crippen LogP contribution in [0.5, 0.6) is 0 Å². The first-order valence-corrected chi connectivity index (χ1v) is 12.6. The molecule has 0 N–H and O–H groups in total. The fraction of sp³-hybridized carbons (Fsp3) is 0.333. The van der Waals surface area contributed by atoms with Crippen LogP contribution in [0.25, 0.3) is 10.9 Å². The number of amides is 1. The van der Waals surface area contributed by atoms with Crippen molar-refractivity contribution >= 4 is 44.4 Å². The second-order valence-corrected chi connectivity index (χ2v) is 11.3. The fourth-order valence-corrected chi connectivity index (χ4v) is 5.80. The molecular formula is C24H25ClN4O4S. The molecule has 4 rings (SSSR count). The fourth-order valence-electron chi connectivity index (χ4n) is 3.95. The number of rotatable bonds is 3. The zero-order chi connectivity index (χ0) is 24.7. The van der Waals surface area contributed by atoms with Crippen LogP contribution < -0.4 is 4.90 Å². The lowest BCUT2D eigenvalue weighted by molar-refractivity contribution is 0.0240. The lowest BCUT2D eigenvalue weighted by Gasteiger charge is -2.36. The van der Waals surface area contributed by atoms with Gasteiger partial charge in [-0.1, -0.05) is 29.8 Å². The van der Waals surface area contributed by atoms with Gasteiger partial charge in [-0.15, -0.1) is 0 Å². The summed E-state index contributed by atoms with van der Waals surface area (Å²) in [6.07, 6.45) is -0.397. The van der Waals surface area contributed by atoms with E-state index >= 15 is 0 Å². The van der Waals surface area contributed by atoms with Gasteiger partial charge in [-0.05, 0) is 51.1 Å². The van der Waals surface area contributed by atoms with Gasteiger partial charge in [0.2, 0.25) is 0 Å². The van der Waals surface area contributed by atoms with Crippen LogP contribution in [-0.4, -0.2) is 55.2 Å². The molecule has 0 saturated carbocycles. The lowest BCUT2D eigenvalue weighted by Crippen LogP contribution is -2.50. The molecule has 1 aromatic heterocycles. The highest BCUT2D eigenvalue weighted by Gasteiger charge is 2.31. The SMILES string of the molecule is CC(C)(C)OC(=O)N1CCN(c2cc3cccc(C#N)c3n2S(=O)(=O)c2cccc(Cl)c2)CC1. The number of piperazine rings is 1. The maximum atomic E-state index is 13.8. The molecule has 1 aliphatic heterocycles. The van der Waals surface area contributed by atoms with Crippen molar-refractivity contribution in [1.82, 2.24) is 8.87 Å². The molecule has 0 unspecified atom stereocenters. The number of anilines is 1. The van der Waals surface area contributed by atoms with Gasteiger partial charge in [-0.25, -0.2) is 17.2 Å². The molecule has 178 valence electrons. The number of benzene rings is 2. The van der Waals surface area contributed by atoms with E-state index in [1.807, 2.05) is 25.7 Å². The molecule has 34 heavy (non-hydrogen) atoms. The maximum absolute atomic E-state index is 13.8. The molecule has 0 aliphatic carbocycles. The van der Waals surface area contributed by atoms with Crippen LogP contribution in [0.3, 0.4) is 0 Å². The van der Waals surface area contributed by atoms with Gasteiger partial charge in [0.25, 0.3) is 10.0 Å². The Morgan fingerprint density at radius 3 is 2.35 bits per heavy atom. The van der Waals surface area contributed by atoms with E-state index in [0.29, 0.717) is 47.9 Å². The van der Waals surface area contributed by atoms with E-state index in [4.69, 9.17) is 16.3 Å². The van der Waals surface area contributed by atoms with Gasteiger partial charge in [0, 0.05) is 36.6 Å². The maximum Gasteiger partial charge on any atom is 0.410 e. The third kappa shape index (κ3) is 4.56. The Bertz CT molecular complexity index is 1390. The first kappa shape index (κ1) is 23.9. The van der Waals surface area contributed by atoms with Crippen LogP contribution in [0.4, 0.5) is 10.6 Å². The lowest BCUT2D eigenvalue weighted by atomic mass is 10.2. The van der Waals surface area contributed by atoms with E-state index in [2.05, 4.69) is 6.07 Å². The summed E-state index contributed by atoms with van der Waals surface area (Å²) in [6.45, 7) is 7.00. The van der Waals surface area contributed by atoms with Crippen LogP contribution in [0.1, 0.15) is 26.3 Å². The van der Waals surface area contributed by atoms with Gasteiger partial charge in [-0.2, -0.15) is 5.26 Å².